The van der Waals surface area contributed by atoms with E-state index < -0.39 is 0 Å². The fraction of sp³-hybridized carbons (Fsp3) is 0.500. The van der Waals surface area contributed by atoms with Gasteiger partial charge in [-0.15, -0.1) is 0 Å². The molecule has 6 heteroatoms. The van der Waals surface area contributed by atoms with Crippen LogP contribution in [0.2, 0.25) is 0 Å². The number of rotatable bonds is 4. The van der Waals surface area contributed by atoms with E-state index in [1.165, 1.54) is 16.9 Å². The van der Waals surface area contributed by atoms with Crippen LogP contribution in [-0.2, 0) is 11.2 Å². The van der Waals surface area contributed by atoms with Gasteiger partial charge in [-0.2, -0.15) is 5.26 Å². The number of piperazine rings is 1. The second kappa shape index (κ2) is 8.25. The van der Waals surface area contributed by atoms with Gasteiger partial charge in [-0.05, 0) is 48.4 Å². The summed E-state index contributed by atoms with van der Waals surface area (Å²) in [5.74, 6) is 1.61. The van der Waals surface area contributed by atoms with E-state index in [2.05, 4.69) is 45.8 Å². The molecular formula is C24H29N5O. The predicted molar refractivity (Wildman–Crippen MR) is 119 cm³/mol. The zero-order chi connectivity index (χ0) is 20.5. The summed E-state index contributed by atoms with van der Waals surface area (Å²) in [7, 11) is 0. The Morgan fingerprint density at radius 1 is 1.20 bits per heavy atom. The summed E-state index contributed by atoms with van der Waals surface area (Å²) in [6, 6.07) is 10.8. The van der Waals surface area contributed by atoms with Gasteiger partial charge in [0.15, 0.2) is 5.65 Å². The van der Waals surface area contributed by atoms with Crippen LogP contribution >= 0.6 is 0 Å². The number of aromatic nitrogens is 2. The average molecular weight is 404 g/mol. The molecule has 2 aromatic heterocycles. The van der Waals surface area contributed by atoms with Gasteiger partial charge >= 0.3 is 0 Å². The first-order valence-electron chi connectivity index (χ1n) is 11.2. The van der Waals surface area contributed by atoms with E-state index in [4.69, 9.17) is 9.72 Å². The molecular weight excluding hydrogens is 374 g/mol. The first-order chi connectivity index (χ1) is 14.8. The van der Waals surface area contributed by atoms with E-state index in [-0.39, 0.29) is 0 Å². The van der Waals surface area contributed by atoms with Crippen LogP contribution in [-0.4, -0.2) is 48.8 Å². The van der Waals surface area contributed by atoms with Crippen LogP contribution in [0.5, 0.6) is 0 Å². The van der Waals surface area contributed by atoms with Gasteiger partial charge in [-0.3, -0.25) is 4.40 Å². The quantitative estimate of drug-likeness (QED) is 0.721. The van der Waals surface area contributed by atoms with Crippen molar-refractivity contribution in [1.82, 2.24) is 14.7 Å². The normalized spacial score (nSPS) is 18.2. The summed E-state index contributed by atoms with van der Waals surface area (Å²) in [6.07, 6.45) is 3.98. The molecule has 2 saturated heterocycles. The van der Waals surface area contributed by atoms with Crippen LogP contribution in [0.25, 0.3) is 16.7 Å². The molecule has 30 heavy (non-hydrogen) atoms. The first kappa shape index (κ1) is 19.3. The molecule has 0 spiro atoms. The first-order valence-corrected chi connectivity index (χ1v) is 11.2. The smallest absolute Gasteiger partial charge is 0.157 e. The summed E-state index contributed by atoms with van der Waals surface area (Å²) >= 11 is 0. The van der Waals surface area contributed by atoms with Gasteiger partial charge in [0.2, 0.25) is 0 Å². The fourth-order valence-corrected chi connectivity index (χ4v) is 5.19. The molecule has 2 aliphatic heterocycles. The number of pyridine rings is 1. The number of anilines is 1. The minimum absolute atomic E-state index is 0.362. The molecule has 156 valence electrons. The maximum Gasteiger partial charge on any atom is 0.157 e. The van der Waals surface area contributed by atoms with Crippen molar-refractivity contribution in [3.63, 3.8) is 0 Å². The summed E-state index contributed by atoms with van der Waals surface area (Å²) in [5, 5.41) is 13.8. The van der Waals surface area contributed by atoms with Crippen molar-refractivity contribution in [2.45, 2.75) is 38.5 Å². The number of nitriles is 1. The maximum atomic E-state index is 10.3. The van der Waals surface area contributed by atoms with Crippen molar-refractivity contribution in [3.8, 4) is 6.07 Å². The number of hydrogen-bond donors (Lipinski definition) is 1. The molecule has 5 rings (SSSR count). The predicted octanol–water partition coefficient (Wildman–Crippen LogP) is 3.62. The lowest BCUT2D eigenvalue weighted by Gasteiger charge is -2.35. The largest absolute Gasteiger partial charge is 0.381 e. The molecule has 3 aromatic rings. The van der Waals surface area contributed by atoms with Gasteiger partial charge < -0.3 is 15.0 Å². The molecule has 2 aliphatic rings. The number of nitrogens with zero attached hydrogens (tertiary/aromatic N) is 4. The van der Waals surface area contributed by atoms with Gasteiger partial charge in [0.25, 0.3) is 0 Å². The number of ether oxygens (including phenoxy) is 1. The highest BCUT2D eigenvalue weighted by Crippen LogP contribution is 2.40. The number of benzene rings is 1. The van der Waals surface area contributed by atoms with Crippen LogP contribution in [0, 0.1) is 11.3 Å². The summed E-state index contributed by atoms with van der Waals surface area (Å²) in [5.41, 5.74) is 6.21. The van der Waals surface area contributed by atoms with Crippen molar-refractivity contribution in [2.75, 3.05) is 44.3 Å². The van der Waals surface area contributed by atoms with E-state index in [1.807, 2.05) is 6.07 Å². The van der Waals surface area contributed by atoms with Gasteiger partial charge in [-0.25, -0.2) is 4.98 Å². The van der Waals surface area contributed by atoms with Crippen molar-refractivity contribution < 1.29 is 4.74 Å². The highest BCUT2D eigenvalue weighted by atomic mass is 16.5. The van der Waals surface area contributed by atoms with Crippen molar-refractivity contribution in [3.05, 3.63) is 41.0 Å². The van der Waals surface area contributed by atoms with Crippen LogP contribution in [0.1, 0.15) is 48.8 Å². The molecule has 0 atom stereocenters. The Kier molecular flexibility index (Phi) is 5.32. The topological polar surface area (TPSA) is 65.6 Å². The summed E-state index contributed by atoms with van der Waals surface area (Å²) in [6.45, 7) is 7.67. The standard InChI is InChI=1S/C24H29N5O/c1-2-5-18-22(17-8-14-30-15-9-17)19(16-25)23-27-20-6-3-4-7-21(20)29(23)24(18)28-12-10-26-11-13-28/h3-4,6-7,17,26H,2,5,8-15H2,1H3. The Bertz CT molecular complexity index is 1100. The zero-order valence-electron chi connectivity index (χ0n) is 17.7. The Balaban J connectivity index is 1.88. The van der Waals surface area contributed by atoms with E-state index in [9.17, 15) is 5.26 Å². The van der Waals surface area contributed by atoms with E-state index >= 15 is 0 Å². The third-order valence-electron chi connectivity index (χ3n) is 6.52. The van der Waals surface area contributed by atoms with Crippen LogP contribution < -0.4 is 10.2 Å². The van der Waals surface area contributed by atoms with Gasteiger partial charge in [0, 0.05) is 39.4 Å². The maximum absolute atomic E-state index is 10.3. The minimum atomic E-state index is 0.362. The lowest BCUT2D eigenvalue weighted by molar-refractivity contribution is 0.0851. The molecule has 1 aromatic carbocycles. The third kappa shape index (κ3) is 3.13. The van der Waals surface area contributed by atoms with Crippen LogP contribution in [0.4, 0.5) is 5.82 Å². The molecule has 0 unspecified atom stereocenters. The van der Waals surface area contributed by atoms with E-state index in [0.717, 1.165) is 87.3 Å². The lowest BCUT2D eigenvalue weighted by Crippen LogP contribution is -2.45. The van der Waals surface area contributed by atoms with Gasteiger partial charge in [-0.1, -0.05) is 25.5 Å². The Hall–Kier alpha value is -2.62. The molecule has 0 amide bonds. The molecule has 0 bridgehead atoms. The number of nitrogens with one attached hydrogen (secondary N) is 1. The number of para-hydroxylation sites is 2. The highest BCUT2D eigenvalue weighted by Gasteiger charge is 2.30. The summed E-state index contributed by atoms with van der Waals surface area (Å²) in [4.78, 5) is 7.47. The highest BCUT2D eigenvalue weighted by molar-refractivity contribution is 5.86. The number of hydrogen-bond acceptors (Lipinski definition) is 5. The molecule has 2 fully saturated rings. The zero-order valence-corrected chi connectivity index (χ0v) is 17.7. The Morgan fingerprint density at radius 3 is 2.70 bits per heavy atom. The third-order valence-corrected chi connectivity index (χ3v) is 6.52. The molecule has 0 radical (unpaired) electrons. The minimum Gasteiger partial charge on any atom is -0.381 e. The van der Waals surface area contributed by atoms with Gasteiger partial charge in [0.05, 0.1) is 16.6 Å². The SMILES string of the molecule is CCCc1c(C2CCOCC2)c(C#N)c2nc3ccccc3n2c1N1CCNCC1. The second-order valence-corrected chi connectivity index (χ2v) is 8.34. The molecule has 1 N–H and O–H groups in total. The van der Waals surface area contributed by atoms with Gasteiger partial charge in [0.1, 0.15) is 11.9 Å². The number of imidazole rings is 1. The van der Waals surface area contributed by atoms with Crippen LogP contribution in [0.15, 0.2) is 24.3 Å². The van der Waals surface area contributed by atoms with Crippen molar-refractivity contribution >= 4 is 22.5 Å². The van der Waals surface area contributed by atoms with Crippen molar-refractivity contribution in [1.29, 1.82) is 5.26 Å². The van der Waals surface area contributed by atoms with Crippen molar-refractivity contribution in [2.24, 2.45) is 0 Å². The Labute approximate surface area is 177 Å². The second-order valence-electron chi connectivity index (χ2n) is 8.34. The lowest BCUT2D eigenvalue weighted by atomic mass is 9.84. The Morgan fingerprint density at radius 2 is 1.97 bits per heavy atom. The average Bonchev–Trinajstić information content (AvgIpc) is 3.19. The molecule has 0 aliphatic carbocycles. The van der Waals surface area contributed by atoms with E-state index in [1.54, 1.807) is 0 Å². The van der Waals surface area contributed by atoms with E-state index in [0.29, 0.717) is 5.92 Å². The molecule has 6 nitrogen and oxygen atoms in total. The molecule has 4 heterocycles. The fourth-order valence-electron chi connectivity index (χ4n) is 5.19. The van der Waals surface area contributed by atoms with Crippen LogP contribution in [0.3, 0.4) is 0 Å². The monoisotopic (exact) mass is 403 g/mol. The molecule has 0 saturated carbocycles. The number of fused-ring (bicyclic) bond motifs is 3. The summed E-state index contributed by atoms with van der Waals surface area (Å²) < 4.78 is 7.93.